The smallest absolute Gasteiger partial charge is 0.166 e. The molecule has 0 radical (unpaired) electrons. The summed E-state index contributed by atoms with van der Waals surface area (Å²) in [6, 6.07) is 16.0. The van der Waals surface area contributed by atoms with Crippen molar-refractivity contribution < 1.29 is 17.9 Å². The lowest BCUT2D eigenvalue weighted by Gasteiger charge is -2.27. The molecule has 0 spiro atoms. The Bertz CT molecular complexity index is 1140. The van der Waals surface area contributed by atoms with E-state index in [1.54, 1.807) is 24.3 Å². The zero-order chi connectivity index (χ0) is 24.8. The summed E-state index contributed by atoms with van der Waals surface area (Å²) in [5.41, 5.74) is 3.38. The number of ether oxygens (including phenoxy) is 1. The molecule has 0 amide bonds. The molecule has 0 aliphatic heterocycles. The quantitative estimate of drug-likeness (QED) is 0.221. The maximum absolute atomic E-state index is 15.0. The minimum absolute atomic E-state index is 0.106. The summed E-state index contributed by atoms with van der Waals surface area (Å²) in [4.78, 5) is 0. The number of hydrogen-bond acceptors (Lipinski definition) is 1. The fourth-order valence-electron chi connectivity index (χ4n) is 4.88. The van der Waals surface area contributed by atoms with Crippen LogP contribution in [0.2, 0.25) is 0 Å². The van der Waals surface area contributed by atoms with Gasteiger partial charge in [0.25, 0.3) is 0 Å². The van der Waals surface area contributed by atoms with Crippen molar-refractivity contribution in [3.63, 3.8) is 0 Å². The highest BCUT2D eigenvalue weighted by molar-refractivity contribution is 5.65. The van der Waals surface area contributed by atoms with Gasteiger partial charge >= 0.3 is 0 Å². The Morgan fingerprint density at radius 3 is 2.23 bits per heavy atom. The highest BCUT2D eigenvalue weighted by atomic mass is 19.2. The fraction of sp³-hybridized carbons (Fsp3) is 0.355. The molecular weight excluding hydrogens is 445 g/mol. The van der Waals surface area contributed by atoms with Crippen LogP contribution in [0.4, 0.5) is 13.2 Å². The first kappa shape index (κ1) is 25.1. The Morgan fingerprint density at radius 1 is 0.857 bits per heavy atom. The lowest BCUT2D eigenvalue weighted by atomic mass is 9.79. The van der Waals surface area contributed by atoms with Crippen LogP contribution >= 0.6 is 0 Å². The summed E-state index contributed by atoms with van der Waals surface area (Å²) in [6.07, 6.45) is 7.74. The van der Waals surface area contributed by atoms with Gasteiger partial charge in [-0.25, -0.2) is 13.2 Å². The van der Waals surface area contributed by atoms with Crippen LogP contribution in [-0.4, -0.2) is 6.61 Å². The number of benzene rings is 3. The summed E-state index contributed by atoms with van der Waals surface area (Å²) in [6.45, 7) is 6.25. The molecule has 3 aromatic carbocycles. The van der Waals surface area contributed by atoms with E-state index in [4.69, 9.17) is 4.74 Å². The van der Waals surface area contributed by atoms with Crippen LogP contribution in [0.15, 0.2) is 67.3 Å². The molecular formula is C31H33F3O. The third-order valence-corrected chi connectivity index (χ3v) is 7.11. The molecule has 1 nitrogen and oxygen atoms in total. The second kappa shape index (κ2) is 11.6. The van der Waals surface area contributed by atoms with Gasteiger partial charge in [-0.1, -0.05) is 68.3 Å². The summed E-state index contributed by atoms with van der Waals surface area (Å²) in [5, 5.41) is 0. The van der Waals surface area contributed by atoms with Crippen LogP contribution in [0, 0.1) is 23.4 Å². The Hall–Kier alpha value is -3.01. The molecule has 3 aromatic rings. The predicted molar refractivity (Wildman–Crippen MR) is 136 cm³/mol. The molecule has 4 heteroatoms. The first-order chi connectivity index (χ1) is 17.0. The van der Waals surface area contributed by atoms with Crippen molar-refractivity contribution in [2.45, 2.75) is 57.8 Å². The molecule has 0 saturated heterocycles. The number of rotatable bonds is 9. The van der Waals surface area contributed by atoms with Gasteiger partial charge in [-0.3, -0.25) is 0 Å². The van der Waals surface area contributed by atoms with Gasteiger partial charge in [-0.2, -0.15) is 0 Å². The van der Waals surface area contributed by atoms with Crippen LogP contribution in [0.1, 0.15) is 61.6 Å². The third-order valence-electron chi connectivity index (χ3n) is 7.11. The van der Waals surface area contributed by atoms with Gasteiger partial charge in [0.15, 0.2) is 23.2 Å². The van der Waals surface area contributed by atoms with Crippen molar-refractivity contribution in [1.82, 2.24) is 0 Å². The molecule has 35 heavy (non-hydrogen) atoms. The fourth-order valence-corrected chi connectivity index (χ4v) is 4.88. The summed E-state index contributed by atoms with van der Waals surface area (Å²) >= 11 is 0. The van der Waals surface area contributed by atoms with Crippen molar-refractivity contribution in [3.8, 4) is 16.9 Å². The molecule has 1 aliphatic carbocycles. The van der Waals surface area contributed by atoms with Gasteiger partial charge in [0.1, 0.15) is 0 Å². The highest BCUT2D eigenvalue weighted by Crippen LogP contribution is 2.38. The second-order valence-electron chi connectivity index (χ2n) is 9.67. The van der Waals surface area contributed by atoms with E-state index in [0.717, 1.165) is 36.8 Å². The van der Waals surface area contributed by atoms with Gasteiger partial charge in [-0.05, 0) is 78.3 Å². The van der Waals surface area contributed by atoms with Crippen molar-refractivity contribution in [2.24, 2.45) is 5.92 Å². The average molecular weight is 479 g/mol. The van der Waals surface area contributed by atoms with Crippen LogP contribution in [0.5, 0.6) is 5.75 Å². The Labute approximate surface area is 206 Å². The number of halogens is 3. The van der Waals surface area contributed by atoms with Crippen LogP contribution in [0.25, 0.3) is 11.1 Å². The standard InChI is InChI=1S/C31H33F3O/c1-3-4-19-35-29-18-11-23(20-28(29)32)8-7-22-9-14-25(15-10-22)27-17-16-26(30(33)31(27)34)24-12-5-21(2)6-13-24/h3,9-11,14-18,20-21,24H,1,4-8,12-13,19H2,2H3. The molecule has 1 fully saturated rings. The van der Waals surface area contributed by atoms with Crippen molar-refractivity contribution in [2.75, 3.05) is 6.61 Å². The first-order valence-electron chi connectivity index (χ1n) is 12.6. The van der Waals surface area contributed by atoms with Crippen molar-refractivity contribution >= 4 is 0 Å². The molecule has 0 atom stereocenters. The molecule has 184 valence electrons. The molecule has 4 rings (SSSR count). The Balaban J connectivity index is 1.39. The van der Waals surface area contributed by atoms with E-state index >= 15 is 0 Å². The normalized spacial score (nSPS) is 17.8. The van der Waals surface area contributed by atoms with Crippen molar-refractivity contribution in [3.05, 3.63) is 101 Å². The molecule has 0 N–H and O–H groups in total. The zero-order valence-electron chi connectivity index (χ0n) is 20.3. The van der Waals surface area contributed by atoms with Gasteiger partial charge in [0.05, 0.1) is 6.61 Å². The zero-order valence-corrected chi connectivity index (χ0v) is 20.3. The third kappa shape index (κ3) is 6.17. The van der Waals surface area contributed by atoms with Gasteiger partial charge < -0.3 is 4.74 Å². The molecule has 0 heterocycles. The van der Waals surface area contributed by atoms with Gasteiger partial charge in [-0.15, -0.1) is 6.58 Å². The second-order valence-corrected chi connectivity index (χ2v) is 9.67. The molecule has 0 bridgehead atoms. The largest absolute Gasteiger partial charge is 0.490 e. The van der Waals surface area contributed by atoms with Gasteiger partial charge in [0.2, 0.25) is 0 Å². The first-order valence-corrected chi connectivity index (χ1v) is 12.6. The Kier molecular flexibility index (Phi) is 8.33. The van der Waals surface area contributed by atoms with E-state index in [2.05, 4.69) is 13.5 Å². The van der Waals surface area contributed by atoms with E-state index in [-0.39, 0.29) is 23.0 Å². The molecule has 1 saturated carbocycles. The molecule has 1 aliphatic rings. The SMILES string of the molecule is C=CCCOc1ccc(CCc2ccc(-c3ccc(C4CCC(C)CC4)c(F)c3F)cc2)cc1F. The summed E-state index contributed by atoms with van der Waals surface area (Å²) < 4.78 is 49.6. The summed E-state index contributed by atoms with van der Waals surface area (Å²) in [5.74, 6) is -0.819. The van der Waals surface area contributed by atoms with Crippen LogP contribution < -0.4 is 4.74 Å². The lowest BCUT2D eigenvalue weighted by Crippen LogP contribution is -2.13. The minimum atomic E-state index is -0.764. The van der Waals surface area contributed by atoms with E-state index < -0.39 is 11.6 Å². The maximum Gasteiger partial charge on any atom is 0.166 e. The van der Waals surface area contributed by atoms with E-state index in [0.29, 0.717) is 42.9 Å². The topological polar surface area (TPSA) is 9.23 Å². The van der Waals surface area contributed by atoms with Crippen LogP contribution in [-0.2, 0) is 12.8 Å². The van der Waals surface area contributed by atoms with E-state index in [9.17, 15) is 13.2 Å². The predicted octanol–water partition coefficient (Wildman–Crippen LogP) is 8.80. The maximum atomic E-state index is 15.0. The van der Waals surface area contributed by atoms with Crippen molar-refractivity contribution in [1.29, 1.82) is 0 Å². The van der Waals surface area contributed by atoms with Gasteiger partial charge in [0, 0.05) is 5.56 Å². The number of hydrogen-bond donors (Lipinski definition) is 0. The highest BCUT2D eigenvalue weighted by Gasteiger charge is 2.25. The monoisotopic (exact) mass is 478 g/mol. The van der Waals surface area contributed by atoms with E-state index in [1.807, 2.05) is 30.3 Å². The minimum Gasteiger partial charge on any atom is -0.490 e. The summed E-state index contributed by atoms with van der Waals surface area (Å²) in [7, 11) is 0. The van der Waals surface area contributed by atoms with E-state index in [1.165, 1.54) is 6.07 Å². The molecule has 0 aromatic heterocycles. The number of aryl methyl sites for hydroxylation is 2. The Morgan fingerprint density at radius 2 is 1.54 bits per heavy atom. The average Bonchev–Trinajstić information content (AvgIpc) is 2.87. The lowest BCUT2D eigenvalue weighted by molar-refractivity contribution is 0.308. The van der Waals surface area contributed by atoms with Crippen LogP contribution in [0.3, 0.4) is 0 Å². The molecule has 0 unspecified atom stereocenters.